The van der Waals surface area contributed by atoms with Crippen LogP contribution in [0.3, 0.4) is 0 Å². The first kappa shape index (κ1) is 21.7. The molecule has 1 saturated heterocycles. The minimum atomic E-state index is -1.61. The normalized spacial score (nSPS) is 23.2. The van der Waals surface area contributed by atoms with Gasteiger partial charge in [-0.1, -0.05) is 0 Å². The predicted octanol–water partition coefficient (Wildman–Crippen LogP) is 1.03. The fraction of sp³-hybridized carbons (Fsp3) is 0.286. The van der Waals surface area contributed by atoms with Crippen LogP contribution in [0.4, 0.5) is 0 Å². The van der Waals surface area contributed by atoms with Crippen LogP contribution in [0.2, 0.25) is 0 Å². The highest BCUT2D eigenvalue weighted by Crippen LogP contribution is 2.45. The highest BCUT2D eigenvalue weighted by Gasteiger charge is 2.40. The number of phenols is 4. The Morgan fingerprint density at radius 2 is 1.66 bits per heavy atom. The maximum atomic E-state index is 10.2. The van der Waals surface area contributed by atoms with Crippen LogP contribution in [0.1, 0.15) is 0 Å². The van der Waals surface area contributed by atoms with Gasteiger partial charge in [0.05, 0.1) is 25.3 Å². The van der Waals surface area contributed by atoms with E-state index in [1.54, 1.807) is 0 Å². The average Bonchev–Trinajstić information content (AvgIpc) is 2.75. The number of aliphatic hydroxyl groups is 3. The van der Waals surface area contributed by atoms with E-state index in [1.807, 2.05) is 0 Å². The topological polar surface area (TPSA) is 181 Å². The Labute approximate surface area is 180 Å². The zero-order chi connectivity index (χ0) is 23.2. The molecular formula is C21H21O11+. The van der Waals surface area contributed by atoms with E-state index in [2.05, 4.69) is 0 Å². The van der Waals surface area contributed by atoms with Gasteiger partial charge in [-0.2, -0.15) is 0 Å². The van der Waals surface area contributed by atoms with E-state index in [4.69, 9.17) is 18.6 Å². The lowest BCUT2D eigenvalue weighted by molar-refractivity contribution is -0.242. The monoisotopic (exact) mass is 449 g/mol. The minimum absolute atomic E-state index is 0.0486. The van der Waals surface area contributed by atoms with Crippen molar-refractivity contribution in [3.8, 4) is 45.8 Å². The number of aliphatic hydroxyl groups excluding tert-OH is 3. The van der Waals surface area contributed by atoms with Crippen LogP contribution in [-0.2, 0) is 4.74 Å². The molecule has 11 heteroatoms. The van der Waals surface area contributed by atoms with Crippen LogP contribution in [0, 0.1) is 0 Å². The lowest BCUT2D eigenvalue weighted by Crippen LogP contribution is -2.54. The number of methoxy groups -OCH3 is 1. The van der Waals surface area contributed by atoms with Crippen LogP contribution in [-0.4, -0.2) is 74.1 Å². The van der Waals surface area contributed by atoms with E-state index >= 15 is 0 Å². The Balaban J connectivity index is 1.88. The number of hydrogen-bond acceptors (Lipinski definition) is 10. The summed E-state index contributed by atoms with van der Waals surface area (Å²) in [7, 11) is 1.28. The SMILES string of the molecule is COc1cc(-c2[o+]c3cc(O)cc(O)c3cc2O[C@H]2OC[C@H](O)[C@@H](O)[C@@H]2O)cc(O)c1O. The molecule has 1 aliphatic rings. The third kappa shape index (κ3) is 3.78. The number of phenolic OH excluding ortho intramolecular Hbond substituents is 4. The number of ether oxygens (including phenoxy) is 3. The van der Waals surface area contributed by atoms with Crippen LogP contribution in [0.5, 0.6) is 34.5 Å². The fourth-order valence-electron chi connectivity index (χ4n) is 3.36. The molecule has 1 aliphatic heterocycles. The number of fused-ring (bicyclic) bond motifs is 1. The van der Waals surface area contributed by atoms with Gasteiger partial charge in [0, 0.05) is 24.3 Å². The Morgan fingerprint density at radius 3 is 2.38 bits per heavy atom. The summed E-state index contributed by atoms with van der Waals surface area (Å²) >= 11 is 0. The van der Waals surface area contributed by atoms with E-state index in [9.17, 15) is 35.7 Å². The van der Waals surface area contributed by atoms with Crippen molar-refractivity contribution in [2.45, 2.75) is 24.6 Å². The van der Waals surface area contributed by atoms with Crippen molar-refractivity contribution in [2.75, 3.05) is 13.7 Å². The lowest BCUT2D eigenvalue weighted by Gasteiger charge is -2.34. The zero-order valence-electron chi connectivity index (χ0n) is 16.7. The van der Waals surface area contributed by atoms with Crippen LogP contribution in [0.15, 0.2) is 34.7 Å². The van der Waals surface area contributed by atoms with Gasteiger partial charge in [-0.25, -0.2) is 4.42 Å². The second-order valence-electron chi connectivity index (χ2n) is 7.23. The minimum Gasteiger partial charge on any atom is -0.507 e. The summed E-state index contributed by atoms with van der Waals surface area (Å²) in [6.07, 6.45) is -5.86. The van der Waals surface area contributed by atoms with Crippen molar-refractivity contribution in [3.63, 3.8) is 0 Å². The Morgan fingerprint density at radius 1 is 0.906 bits per heavy atom. The van der Waals surface area contributed by atoms with Crippen LogP contribution < -0.4 is 9.47 Å². The molecule has 0 bridgehead atoms. The van der Waals surface area contributed by atoms with E-state index in [0.29, 0.717) is 0 Å². The molecule has 0 amide bonds. The third-order valence-electron chi connectivity index (χ3n) is 5.05. The summed E-state index contributed by atoms with van der Waals surface area (Å²) in [6, 6.07) is 6.17. The molecule has 11 nitrogen and oxygen atoms in total. The van der Waals surface area contributed by atoms with Gasteiger partial charge in [0.1, 0.15) is 35.2 Å². The average molecular weight is 449 g/mol. The molecule has 0 saturated carbocycles. The smallest absolute Gasteiger partial charge is 0.402 e. The number of hydrogen-bond donors (Lipinski definition) is 7. The summed E-state index contributed by atoms with van der Waals surface area (Å²) < 4.78 is 21.9. The van der Waals surface area contributed by atoms with Crippen molar-refractivity contribution in [1.29, 1.82) is 0 Å². The summed E-state index contributed by atoms with van der Waals surface area (Å²) in [6.45, 7) is -0.310. The maximum Gasteiger partial charge on any atom is 0.402 e. The third-order valence-corrected chi connectivity index (χ3v) is 5.05. The lowest BCUT2D eigenvalue weighted by atomic mass is 10.1. The first-order valence-corrected chi connectivity index (χ1v) is 9.45. The van der Waals surface area contributed by atoms with Gasteiger partial charge in [0.2, 0.25) is 17.8 Å². The molecule has 0 radical (unpaired) electrons. The Kier molecular flexibility index (Phi) is 5.57. The van der Waals surface area contributed by atoms with Gasteiger partial charge in [0.25, 0.3) is 0 Å². The quantitative estimate of drug-likeness (QED) is 0.223. The van der Waals surface area contributed by atoms with Crippen LogP contribution in [0.25, 0.3) is 22.3 Å². The van der Waals surface area contributed by atoms with Crippen LogP contribution >= 0.6 is 0 Å². The second-order valence-corrected chi connectivity index (χ2v) is 7.23. The molecule has 4 rings (SSSR count). The molecule has 2 aromatic carbocycles. The number of aromatic hydroxyl groups is 4. The number of benzene rings is 2. The van der Waals surface area contributed by atoms with Gasteiger partial charge < -0.3 is 50.0 Å². The van der Waals surface area contributed by atoms with E-state index in [1.165, 1.54) is 25.3 Å². The predicted molar refractivity (Wildman–Crippen MR) is 108 cm³/mol. The fourth-order valence-corrected chi connectivity index (χ4v) is 3.36. The van der Waals surface area contributed by atoms with Crippen molar-refractivity contribution in [3.05, 3.63) is 30.3 Å². The van der Waals surface area contributed by atoms with Gasteiger partial charge in [-0.15, -0.1) is 0 Å². The molecule has 32 heavy (non-hydrogen) atoms. The van der Waals surface area contributed by atoms with Gasteiger partial charge >= 0.3 is 11.3 Å². The van der Waals surface area contributed by atoms with Crippen molar-refractivity contribution in [2.24, 2.45) is 0 Å². The Hall–Kier alpha value is -3.51. The van der Waals surface area contributed by atoms with Gasteiger partial charge in [0.15, 0.2) is 11.5 Å². The molecule has 4 atom stereocenters. The molecule has 3 aromatic rings. The van der Waals surface area contributed by atoms with E-state index < -0.39 is 36.1 Å². The summed E-state index contributed by atoms with van der Waals surface area (Å²) in [5.41, 5.74) is 0.222. The van der Waals surface area contributed by atoms with E-state index in [-0.39, 0.29) is 51.9 Å². The molecule has 1 aromatic heterocycles. The standard InChI is InChI=1S/C21H20O11/c1-29-15-3-8(2-12(24)17(15)26)20-16(32-21-19(28)18(27)13(25)7-30-21)6-10-11(23)4-9(22)5-14(10)31-20/h2-6,13,18-19,21,25,27-28H,7H2,1H3,(H3-,22,23,24,26)/p+1/t13-,18+,19-,21+/m0/s1. The molecular weight excluding hydrogens is 428 g/mol. The molecule has 0 aliphatic carbocycles. The molecule has 0 unspecified atom stereocenters. The molecule has 0 spiro atoms. The van der Waals surface area contributed by atoms with Crippen molar-refractivity contribution < 1.29 is 54.4 Å². The molecule has 7 N–H and O–H groups in total. The second kappa shape index (κ2) is 8.20. The first-order chi connectivity index (χ1) is 15.2. The van der Waals surface area contributed by atoms with Gasteiger partial charge in [-0.3, -0.25) is 0 Å². The van der Waals surface area contributed by atoms with E-state index in [0.717, 1.165) is 12.1 Å². The highest BCUT2D eigenvalue weighted by molar-refractivity contribution is 5.88. The van der Waals surface area contributed by atoms with Gasteiger partial charge in [-0.05, 0) is 0 Å². The molecule has 2 heterocycles. The molecule has 1 fully saturated rings. The first-order valence-electron chi connectivity index (χ1n) is 9.45. The number of rotatable bonds is 4. The summed E-state index contributed by atoms with van der Waals surface area (Å²) in [5, 5.41) is 70.0. The molecule has 170 valence electrons. The van der Waals surface area contributed by atoms with Crippen molar-refractivity contribution in [1.82, 2.24) is 0 Å². The zero-order valence-corrected chi connectivity index (χ0v) is 16.7. The summed E-state index contributed by atoms with van der Waals surface area (Å²) in [5.74, 6) is -1.83. The van der Waals surface area contributed by atoms with Crippen molar-refractivity contribution >= 4 is 11.0 Å². The maximum absolute atomic E-state index is 10.2. The highest BCUT2D eigenvalue weighted by atomic mass is 16.7. The Bertz CT molecular complexity index is 1160. The summed E-state index contributed by atoms with van der Waals surface area (Å²) in [4.78, 5) is 0. The largest absolute Gasteiger partial charge is 0.507 e.